The van der Waals surface area contributed by atoms with Crippen LogP contribution in [0.25, 0.3) is 76.9 Å². The van der Waals surface area contributed by atoms with E-state index in [4.69, 9.17) is 8.83 Å². The number of anilines is 3. The highest BCUT2D eigenvalue weighted by Gasteiger charge is 2.46. The number of nitrogens with zero attached hydrogens (tertiary/aromatic N) is 1. The van der Waals surface area contributed by atoms with Crippen LogP contribution in [0.1, 0.15) is 22.3 Å². The Balaban J connectivity index is 1.02. The summed E-state index contributed by atoms with van der Waals surface area (Å²) in [7, 11) is 0. The predicted octanol–water partition coefficient (Wildman–Crippen LogP) is 16.1. The molecule has 10 aromatic carbocycles. The molecule has 0 radical (unpaired) electrons. The molecule has 1 aliphatic carbocycles. The van der Waals surface area contributed by atoms with Crippen molar-refractivity contribution in [3.05, 3.63) is 247 Å². The van der Waals surface area contributed by atoms with E-state index < -0.39 is 5.41 Å². The molecule has 0 saturated heterocycles. The van der Waals surface area contributed by atoms with Crippen LogP contribution in [0.3, 0.4) is 0 Å². The molecular formula is C59H37NO2. The normalized spacial score (nSPS) is 13.0. The second kappa shape index (κ2) is 13.4. The van der Waals surface area contributed by atoms with Crippen LogP contribution >= 0.6 is 0 Å². The molecule has 3 nitrogen and oxygen atoms in total. The Morgan fingerprint density at radius 2 is 0.935 bits per heavy atom. The topological polar surface area (TPSA) is 29.5 Å². The van der Waals surface area contributed by atoms with Gasteiger partial charge in [-0.05, 0) is 104 Å². The third-order valence-corrected chi connectivity index (χ3v) is 13.1. The summed E-state index contributed by atoms with van der Waals surface area (Å²) >= 11 is 0. The first kappa shape index (κ1) is 34.7. The van der Waals surface area contributed by atoms with Crippen molar-refractivity contribution in [1.29, 1.82) is 0 Å². The summed E-state index contributed by atoms with van der Waals surface area (Å²) in [4.78, 5) is 2.38. The molecule has 2 aromatic heterocycles. The highest BCUT2D eigenvalue weighted by molar-refractivity contribution is 6.19. The van der Waals surface area contributed by atoms with E-state index in [2.05, 4.69) is 217 Å². The molecule has 3 heteroatoms. The van der Waals surface area contributed by atoms with Crippen molar-refractivity contribution in [2.45, 2.75) is 5.41 Å². The molecule has 0 bridgehead atoms. The Kier molecular flexibility index (Phi) is 7.52. The van der Waals surface area contributed by atoms with Gasteiger partial charge >= 0.3 is 0 Å². The van der Waals surface area contributed by atoms with E-state index in [1.165, 1.54) is 38.8 Å². The third-order valence-electron chi connectivity index (χ3n) is 13.1. The maximum absolute atomic E-state index is 6.59. The minimum absolute atomic E-state index is 0.528. The van der Waals surface area contributed by atoms with Crippen LogP contribution in [-0.4, -0.2) is 0 Å². The minimum Gasteiger partial charge on any atom is -0.456 e. The fourth-order valence-corrected chi connectivity index (χ4v) is 10.5. The summed E-state index contributed by atoms with van der Waals surface area (Å²) in [6, 6.07) is 81.1. The van der Waals surface area contributed by atoms with Gasteiger partial charge in [-0.2, -0.15) is 0 Å². The quantitative estimate of drug-likeness (QED) is 0.168. The molecule has 0 spiro atoms. The Hall–Kier alpha value is -8.14. The predicted molar refractivity (Wildman–Crippen MR) is 256 cm³/mol. The fourth-order valence-electron chi connectivity index (χ4n) is 10.5. The van der Waals surface area contributed by atoms with Crippen molar-refractivity contribution in [2.24, 2.45) is 0 Å². The van der Waals surface area contributed by atoms with E-state index in [0.29, 0.717) is 0 Å². The van der Waals surface area contributed by atoms with Crippen LogP contribution in [-0.2, 0) is 5.41 Å². The number of hydrogen-bond acceptors (Lipinski definition) is 3. The van der Waals surface area contributed by atoms with Crippen molar-refractivity contribution in [1.82, 2.24) is 0 Å². The summed E-state index contributed by atoms with van der Waals surface area (Å²) in [6.45, 7) is 0. The van der Waals surface area contributed by atoms with Gasteiger partial charge < -0.3 is 13.7 Å². The molecule has 0 atom stereocenters. The van der Waals surface area contributed by atoms with E-state index in [0.717, 1.165) is 77.5 Å². The minimum atomic E-state index is -0.528. The van der Waals surface area contributed by atoms with Gasteiger partial charge in [0.15, 0.2) is 0 Å². The zero-order chi connectivity index (χ0) is 40.8. The lowest BCUT2D eigenvalue weighted by atomic mass is 9.67. The first-order chi connectivity index (χ1) is 30.7. The smallest absolute Gasteiger partial charge is 0.143 e. The van der Waals surface area contributed by atoms with E-state index in [1.807, 2.05) is 12.1 Å². The Morgan fingerprint density at radius 3 is 1.76 bits per heavy atom. The molecule has 13 rings (SSSR count). The average molecular weight is 792 g/mol. The Labute approximate surface area is 358 Å². The number of hydrogen-bond donors (Lipinski definition) is 0. The number of para-hydroxylation sites is 1. The second-order valence-corrected chi connectivity index (χ2v) is 16.4. The van der Waals surface area contributed by atoms with Gasteiger partial charge in [0.2, 0.25) is 0 Å². The number of rotatable bonds is 6. The summed E-state index contributed by atoms with van der Waals surface area (Å²) in [6.07, 6.45) is 0. The van der Waals surface area contributed by atoms with Gasteiger partial charge in [-0.3, -0.25) is 0 Å². The Morgan fingerprint density at radius 1 is 0.339 bits per heavy atom. The molecule has 12 aromatic rings. The van der Waals surface area contributed by atoms with Gasteiger partial charge in [0.1, 0.15) is 22.3 Å². The molecule has 2 heterocycles. The largest absolute Gasteiger partial charge is 0.456 e. The molecule has 1 aliphatic rings. The van der Waals surface area contributed by atoms with Crippen LogP contribution in [0.5, 0.6) is 0 Å². The molecular weight excluding hydrogens is 755 g/mol. The second-order valence-electron chi connectivity index (χ2n) is 16.4. The number of furan rings is 2. The zero-order valence-electron chi connectivity index (χ0n) is 33.6. The van der Waals surface area contributed by atoms with Crippen LogP contribution < -0.4 is 4.90 Å². The molecule has 0 aliphatic heterocycles. The SMILES string of the molecule is c1ccc(C2(c3ccccc3)c3ccccc3-c3ccc(N(c4ccc(-c5cccc6oc7c8ccccc8ccc7c56)cc4)c4ccc5c(c4)oc4ccccc45)cc32)cc1. The maximum Gasteiger partial charge on any atom is 0.143 e. The number of fused-ring (bicyclic) bond motifs is 11. The van der Waals surface area contributed by atoms with Gasteiger partial charge in [-0.25, -0.2) is 0 Å². The van der Waals surface area contributed by atoms with Crippen LogP contribution in [0.2, 0.25) is 0 Å². The van der Waals surface area contributed by atoms with Crippen molar-refractivity contribution >= 4 is 71.7 Å². The summed E-state index contributed by atoms with van der Waals surface area (Å²) in [5.74, 6) is 0. The molecule has 0 unspecified atom stereocenters. The van der Waals surface area contributed by atoms with Crippen molar-refractivity contribution in [3.63, 3.8) is 0 Å². The van der Waals surface area contributed by atoms with Crippen molar-refractivity contribution in [2.75, 3.05) is 4.90 Å². The summed E-state index contributed by atoms with van der Waals surface area (Å²) in [5, 5.41) is 6.77. The van der Waals surface area contributed by atoms with E-state index in [9.17, 15) is 0 Å². The average Bonchev–Trinajstić information content (AvgIpc) is 4.01. The van der Waals surface area contributed by atoms with E-state index >= 15 is 0 Å². The van der Waals surface area contributed by atoms with Crippen LogP contribution in [0.4, 0.5) is 17.1 Å². The monoisotopic (exact) mass is 791 g/mol. The zero-order valence-corrected chi connectivity index (χ0v) is 33.6. The van der Waals surface area contributed by atoms with Gasteiger partial charge in [0.25, 0.3) is 0 Å². The first-order valence-electron chi connectivity index (χ1n) is 21.2. The lowest BCUT2D eigenvalue weighted by Gasteiger charge is -2.35. The molecule has 0 fully saturated rings. The maximum atomic E-state index is 6.59. The van der Waals surface area contributed by atoms with Gasteiger partial charge in [-0.1, -0.05) is 164 Å². The highest BCUT2D eigenvalue weighted by atomic mass is 16.3. The fraction of sp³-hybridized carbons (Fsp3) is 0.0169. The van der Waals surface area contributed by atoms with Crippen LogP contribution in [0, 0.1) is 0 Å². The molecule has 0 saturated carbocycles. The van der Waals surface area contributed by atoms with E-state index in [1.54, 1.807) is 0 Å². The molecule has 290 valence electrons. The van der Waals surface area contributed by atoms with Crippen molar-refractivity contribution in [3.8, 4) is 22.3 Å². The lowest BCUT2D eigenvalue weighted by molar-refractivity contribution is 0.669. The summed E-state index contributed by atoms with van der Waals surface area (Å²) in [5.41, 5.74) is 15.9. The molecule has 0 amide bonds. The molecule has 62 heavy (non-hydrogen) atoms. The third kappa shape index (κ3) is 5.00. The van der Waals surface area contributed by atoms with E-state index in [-0.39, 0.29) is 0 Å². The standard InChI is InChI=1S/C59H37NO2/c1-3-15-40(16-4-1)59(41-17-5-2-6-18-41)52-23-11-9-20-47(52)48-34-31-43(36-53(48)59)60(44-32-35-50-49-21-10-12-24-54(49)61-56(50)37-44)42-29-26-39(27-30-42)45-22-13-25-55-57(45)51-33-28-38-14-7-8-19-46(38)58(51)62-55/h1-37H. The van der Waals surface area contributed by atoms with Gasteiger partial charge in [-0.15, -0.1) is 0 Å². The Bertz CT molecular complexity index is 3650. The van der Waals surface area contributed by atoms with Crippen LogP contribution in [0.15, 0.2) is 233 Å². The highest BCUT2D eigenvalue weighted by Crippen LogP contribution is 2.57. The molecule has 0 N–H and O–H groups in total. The lowest BCUT2D eigenvalue weighted by Crippen LogP contribution is -2.28. The van der Waals surface area contributed by atoms with Gasteiger partial charge in [0, 0.05) is 50.1 Å². The van der Waals surface area contributed by atoms with Crippen molar-refractivity contribution < 1.29 is 8.83 Å². The first-order valence-corrected chi connectivity index (χ1v) is 21.2. The number of benzene rings is 10. The van der Waals surface area contributed by atoms with Gasteiger partial charge in [0.05, 0.1) is 5.41 Å². The summed E-state index contributed by atoms with van der Waals surface area (Å²) < 4.78 is 13.1.